The zero-order valence-corrected chi connectivity index (χ0v) is 21.0. The van der Waals surface area contributed by atoms with E-state index in [4.69, 9.17) is 0 Å². The largest absolute Gasteiger partial charge is 0.289 e. The van der Waals surface area contributed by atoms with E-state index in [1.807, 2.05) is 0 Å². The van der Waals surface area contributed by atoms with Crippen LogP contribution in [0.4, 0.5) is 0 Å². The van der Waals surface area contributed by atoms with Gasteiger partial charge in [0.05, 0.1) is 24.2 Å². The van der Waals surface area contributed by atoms with E-state index in [0.717, 1.165) is 16.1 Å². The number of hydrogen-bond acceptors (Lipinski definition) is 4. The van der Waals surface area contributed by atoms with E-state index in [1.165, 1.54) is 0 Å². The van der Waals surface area contributed by atoms with Gasteiger partial charge in [0.15, 0.2) is 0 Å². The maximum Gasteiger partial charge on any atom is 0.243 e. The topological polar surface area (TPSA) is 17.1 Å². The van der Waals surface area contributed by atoms with Crippen LogP contribution >= 0.6 is 38.9 Å². The smallest absolute Gasteiger partial charge is 0.243 e. The molecule has 0 radical (unpaired) electrons. The Bertz CT molecular complexity index is 293. The van der Waals surface area contributed by atoms with Crippen LogP contribution in [0.2, 0.25) is 58.9 Å². The van der Waals surface area contributed by atoms with Crippen molar-refractivity contribution in [2.24, 2.45) is 0 Å². The molecule has 0 aromatic heterocycles. The van der Waals surface area contributed by atoms with Gasteiger partial charge in [0, 0.05) is 0 Å². The van der Waals surface area contributed by atoms with E-state index in [9.17, 15) is 4.57 Å². The first-order chi connectivity index (χ1) is 8.62. The van der Waals surface area contributed by atoms with Crippen LogP contribution in [-0.2, 0) is 4.57 Å². The highest BCUT2D eigenvalue weighted by Gasteiger charge is 2.32. The fourth-order valence-corrected chi connectivity index (χ4v) is 33.6. The van der Waals surface area contributed by atoms with Crippen LogP contribution in [0.1, 0.15) is 0 Å². The standard InChI is InChI=1S/C12H33OPS3Si3/c1-18(2,3)10-15-14(13,16-11-19(4,5)6)17-12-20(7,8)9/h10-12H2,1-9H3. The van der Waals surface area contributed by atoms with Crippen LogP contribution < -0.4 is 0 Å². The van der Waals surface area contributed by atoms with E-state index < -0.39 is 29.0 Å². The lowest BCUT2D eigenvalue weighted by molar-refractivity contribution is 0.601. The Balaban J connectivity index is 4.71. The lowest BCUT2D eigenvalue weighted by atomic mass is 11.8. The van der Waals surface area contributed by atoms with Crippen LogP contribution in [0.15, 0.2) is 0 Å². The maximum absolute atomic E-state index is 13.3. The van der Waals surface area contributed by atoms with E-state index in [2.05, 4.69) is 58.9 Å². The molecule has 122 valence electrons. The fraction of sp³-hybridized carbons (Fsp3) is 1.00. The summed E-state index contributed by atoms with van der Waals surface area (Å²) in [5, 5.41) is 3.38. The average molecular weight is 405 g/mol. The number of rotatable bonds is 9. The molecule has 8 heteroatoms. The van der Waals surface area contributed by atoms with Crippen LogP contribution in [0, 0.1) is 0 Å². The molecule has 0 aliphatic carbocycles. The first-order valence-electron chi connectivity index (χ1n) is 7.16. The van der Waals surface area contributed by atoms with Crippen molar-refractivity contribution in [3.05, 3.63) is 0 Å². The van der Waals surface area contributed by atoms with E-state index in [0.29, 0.717) is 0 Å². The van der Waals surface area contributed by atoms with Gasteiger partial charge in [-0.05, 0) is 16.1 Å². The quantitative estimate of drug-likeness (QED) is 0.306. The predicted molar refractivity (Wildman–Crippen MR) is 115 cm³/mol. The second kappa shape index (κ2) is 8.15. The molecule has 0 saturated heterocycles. The van der Waals surface area contributed by atoms with E-state index >= 15 is 0 Å². The molecule has 0 unspecified atom stereocenters. The third-order valence-corrected chi connectivity index (χ3v) is 26.9. The van der Waals surface area contributed by atoms with Crippen LogP contribution in [0.5, 0.6) is 0 Å². The Morgan fingerprint density at radius 3 is 0.950 bits per heavy atom. The van der Waals surface area contributed by atoms with Gasteiger partial charge in [-0.2, -0.15) is 0 Å². The van der Waals surface area contributed by atoms with Crippen molar-refractivity contribution < 1.29 is 4.57 Å². The molecule has 20 heavy (non-hydrogen) atoms. The average Bonchev–Trinajstić information content (AvgIpc) is 2.18. The molecular formula is C12H33OPS3Si3. The van der Waals surface area contributed by atoms with E-state index in [1.54, 1.807) is 34.1 Å². The Hall–Kier alpha value is 1.93. The summed E-state index contributed by atoms with van der Waals surface area (Å²) in [7, 11) is -3.39. The molecule has 0 saturated carbocycles. The van der Waals surface area contributed by atoms with Gasteiger partial charge in [0.25, 0.3) is 0 Å². The zero-order chi connectivity index (χ0) is 16.2. The predicted octanol–water partition coefficient (Wildman–Crippen LogP) is 6.93. The van der Waals surface area contributed by atoms with Gasteiger partial charge in [-0.25, -0.2) is 0 Å². The van der Waals surface area contributed by atoms with Crippen molar-refractivity contribution >= 4 is 63.1 Å². The molecule has 0 aromatic carbocycles. The van der Waals surface area contributed by atoms with Crippen molar-refractivity contribution in [1.82, 2.24) is 0 Å². The fourth-order valence-electron chi connectivity index (χ4n) is 0.930. The van der Waals surface area contributed by atoms with Gasteiger partial charge >= 0.3 is 0 Å². The summed E-state index contributed by atoms with van der Waals surface area (Å²) in [6.45, 7) is 21.3. The molecule has 0 aliphatic rings. The second-order valence-corrected chi connectivity index (χ2v) is 38.5. The minimum atomic E-state index is -2.15. The molecule has 0 aromatic rings. The van der Waals surface area contributed by atoms with Crippen molar-refractivity contribution in [3.8, 4) is 0 Å². The van der Waals surface area contributed by atoms with E-state index in [-0.39, 0.29) is 0 Å². The molecule has 0 amide bonds. The van der Waals surface area contributed by atoms with Gasteiger partial charge in [-0.15, -0.1) is 0 Å². The monoisotopic (exact) mass is 404 g/mol. The van der Waals surface area contributed by atoms with Crippen LogP contribution in [-0.4, -0.2) is 40.4 Å². The minimum absolute atomic E-state index is 1.13. The normalized spacial score (nSPS) is 14.7. The van der Waals surface area contributed by atoms with Gasteiger partial charge in [0.1, 0.15) is 0 Å². The summed E-state index contributed by atoms with van der Waals surface area (Å²) in [6, 6.07) is 0. The van der Waals surface area contributed by atoms with Crippen LogP contribution in [0.25, 0.3) is 0 Å². The van der Waals surface area contributed by atoms with Crippen molar-refractivity contribution in [2.75, 3.05) is 16.1 Å². The third-order valence-electron chi connectivity index (χ3n) is 1.97. The summed E-state index contributed by atoms with van der Waals surface area (Å²) < 4.78 is 11.2. The molecule has 0 spiro atoms. The lowest BCUT2D eigenvalue weighted by Crippen LogP contribution is -2.25. The highest BCUT2D eigenvalue weighted by atomic mass is 33.4. The summed E-state index contributed by atoms with van der Waals surface area (Å²) in [5.41, 5.74) is 0. The second-order valence-electron chi connectivity index (χ2n) is 8.95. The summed E-state index contributed by atoms with van der Waals surface area (Å²) in [4.78, 5) is 0. The number of hydrogen-bond donors (Lipinski definition) is 0. The molecule has 0 bridgehead atoms. The molecule has 0 aliphatic heterocycles. The minimum Gasteiger partial charge on any atom is -0.289 e. The maximum atomic E-state index is 13.3. The highest BCUT2D eigenvalue weighted by Crippen LogP contribution is 2.78. The van der Waals surface area contributed by atoms with Crippen molar-refractivity contribution in [3.63, 3.8) is 0 Å². The molecule has 0 rings (SSSR count). The van der Waals surface area contributed by atoms with Gasteiger partial charge in [-0.1, -0.05) is 93.1 Å². The van der Waals surface area contributed by atoms with Crippen LogP contribution in [0.3, 0.4) is 0 Å². The Labute approximate surface area is 142 Å². The first-order valence-corrected chi connectivity index (χ1v) is 24.8. The molecule has 1 nitrogen and oxygen atoms in total. The molecule has 0 heterocycles. The third kappa shape index (κ3) is 13.6. The molecular weight excluding hydrogens is 372 g/mol. The Morgan fingerprint density at radius 2 is 0.800 bits per heavy atom. The molecule has 0 atom stereocenters. The molecule has 0 fully saturated rings. The van der Waals surface area contributed by atoms with Gasteiger partial charge in [-0.3, -0.25) is 4.57 Å². The summed E-state index contributed by atoms with van der Waals surface area (Å²) in [6.07, 6.45) is 0. The van der Waals surface area contributed by atoms with Crippen molar-refractivity contribution in [1.29, 1.82) is 0 Å². The summed E-state index contributed by atoms with van der Waals surface area (Å²) in [5.74, 6) is 0. The highest BCUT2D eigenvalue weighted by molar-refractivity contribution is 9.15. The Kier molecular flexibility index (Phi) is 8.94. The summed E-state index contributed by atoms with van der Waals surface area (Å²) >= 11 is 5.40. The van der Waals surface area contributed by atoms with Crippen molar-refractivity contribution in [2.45, 2.75) is 58.9 Å². The molecule has 0 N–H and O–H groups in total. The van der Waals surface area contributed by atoms with Gasteiger partial charge < -0.3 is 0 Å². The lowest BCUT2D eigenvalue weighted by Gasteiger charge is -2.25. The zero-order valence-electron chi connectivity index (χ0n) is 14.7. The Morgan fingerprint density at radius 1 is 0.600 bits per heavy atom. The first kappa shape index (κ1) is 21.9. The SMILES string of the molecule is C[Si](C)(C)CSP(=O)(SC[Si](C)(C)C)SC[Si](C)(C)C. The van der Waals surface area contributed by atoms with Gasteiger partial charge in [0.2, 0.25) is 4.75 Å².